The van der Waals surface area contributed by atoms with Gasteiger partial charge >= 0.3 is 5.97 Å². The number of hydrogen-bond donors (Lipinski definition) is 2. The fraction of sp³-hybridized carbons (Fsp3) is 0.125. The van der Waals surface area contributed by atoms with Gasteiger partial charge in [-0.15, -0.1) is 0 Å². The highest BCUT2D eigenvalue weighted by Gasteiger charge is 2.06. The molecule has 2 N–H and O–H groups in total. The first-order chi connectivity index (χ1) is 9.60. The molecule has 0 spiro atoms. The number of carbonyl (C=O) groups is 1. The van der Waals surface area contributed by atoms with E-state index in [1.165, 1.54) is 0 Å². The predicted octanol–water partition coefficient (Wildman–Crippen LogP) is 3.43. The van der Waals surface area contributed by atoms with Gasteiger partial charge in [-0.2, -0.15) is 5.26 Å². The third kappa shape index (κ3) is 3.15. The van der Waals surface area contributed by atoms with Crippen molar-refractivity contribution < 1.29 is 9.90 Å². The van der Waals surface area contributed by atoms with Crippen molar-refractivity contribution in [3.05, 3.63) is 65.2 Å². The Morgan fingerprint density at radius 3 is 2.25 bits per heavy atom. The van der Waals surface area contributed by atoms with E-state index in [1.54, 1.807) is 36.4 Å². The van der Waals surface area contributed by atoms with Gasteiger partial charge in [0.05, 0.1) is 17.2 Å². The first-order valence-corrected chi connectivity index (χ1v) is 6.20. The molecule has 0 aliphatic carbocycles. The molecule has 2 rings (SSSR count). The molecule has 0 heterocycles. The lowest BCUT2D eigenvalue weighted by Crippen LogP contribution is -2.06. The van der Waals surface area contributed by atoms with Crippen molar-refractivity contribution in [1.29, 1.82) is 5.26 Å². The number of carboxylic acids is 1. The Morgan fingerprint density at radius 2 is 1.75 bits per heavy atom. The van der Waals surface area contributed by atoms with Crippen LogP contribution in [0.1, 0.15) is 34.5 Å². The molecule has 20 heavy (non-hydrogen) atoms. The van der Waals surface area contributed by atoms with Crippen LogP contribution in [-0.2, 0) is 0 Å². The van der Waals surface area contributed by atoms with E-state index in [0.717, 1.165) is 11.3 Å². The number of nitrogens with zero attached hydrogens (tertiary/aromatic N) is 1. The minimum Gasteiger partial charge on any atom is -0.478 e. The molecule has 0 amide bonds. The summed E-state index contributed by atoms with van der Waals surface area (Å²) < 4.78 is 0. The number of nitriles is 1. The van der Waals surface area contributed by atoms with Crippen molar-refractivity contribution in [3.8, 4) is 6.07 Å². The van der Waals surface area contributed by atoms with Crippen LogP contribution in [0.15, 0.2) is 48.5 Å². The number of benzene rings is 2. The monoisotopic (exact) mass is 266 g/mol. The van der Waals surface area contributed by atoms with Crippen LogP contribution < -0.4 is 5.32 Å². The van der Waals surface area contributed by atoms with E-state index in [-0.39, 0.29) is 11.6 Å². The molecule has 2 aromatic rings. The lowest BCUT2D eigenvalue weighted by atomic mass is 10.1. The fourth-order valence-corrected chi connectivity index (χ4v) is 1.89. The van der Waals surface area contributed by atoms with E-state index in [2.05, 4.69) is 11.4 Å². The van der Waals surface area contributed by atoms with Crippen LogP contribution in [0.3, 0.4) is 0 Å². The summed E-state index contributed by atoms with van der Waals surface area (Å²) in [6, 6.07) is 16.1. The van der Waals surface area contributed by atoms with Crippen molar-refractivity contribution in [2.24, 2.45) is 0 Å². The number of rotatable bonds is 4. The third-order valence-electron chi connectivity index (χ3n) is 3.05. The molecule has 0 radical (unpaired) electrons. The third-order valence-corrected chi connectivity index (χ3v) is 3.05. The summed E-state index contributed by atoms with van der Waals surface area (Å²) in [5, 5.41) is 20.9. The minimum atomic E-state index is -0.934. The van der Waals surface area contributed by atoms with Gasteiger partial charge < -0.3 is 10.4 Å². The van der Waals surface area contributed by atoms with Crippen molar-refractivity contribution >= 4 is 11.7 Å². The molecular formula is C16H14N2O2. The standard InChI is InChI=1S/C16H14N2O2/c1-11(13-4-2-12(10-17)3-5-13)18-15-8-6-14(7-9-15)16(19)20/h2-9,11,18H,1H3,(H,19,20). The summed E-state index contributed by atoms with van der Waals surface area (Å²) in [5.41, 5.74) is 2.81. The Bertz CT molecular complexity index is 640. The maximum absolute atomic E-state index is 10.8. The highest BCUT2D eigenvalue weighted by molar-refractivity contribution is 5.88. The summed E-state index contributed by atoms with van der Waals surface area (Å²) in [6.07, 6.45) is 0. The molecule has 0 aromatic heterocycles. The molecule has 0 aliphatic rings. The van der Waals surface area contributed by atoms with Gasteiger partial charge in [-0.05, 0) is 48.9 Å². The van der Waals surface area contributed by atoms with Crippen LogP contribution in [0, 0.1) is 11.3 Å². The van der Waals surface area contributed by atoms with E-state index in [4.69, 9.17) is 10.4 Å². The van der Waals surface area contributed by atoms with Gasteiger partial charge in [0.1, 0.15) is 0 Å². The van der Waals surface area contributed by atoms with Gasteiger partial charge in [-0.3, -0.25) is 0 Å². The van der Waals surface area contributed by atoms with Gasteiger partial charge in [-0.25, -0.2) is 4.79 Å². The van der Waals surface area contributed by atoms with E-state index < -0.39 is 5.97 Å². The molecule has 4 nitrogen and oxygen atoms in total. The smallest absolute Gasteiger partial charge is 0.335 e. The van der Waals surface area contributed by atoms with Gasteiger partial charge in [-0.1, -0.05) is 12.1 Å². The molecule has 2 aromatic carbocycles. The predicted molar refractivity (Wildman–Crippen MR) is 76.6 cm³/mol. The molecule has 1 unspecified atom stereocenters. The zero-order chi connectivity index (χ0) is 14.5. The molecular weight excluding hydrogens is 252 g/mol. The first kappa shape index (κ1) is 13.6. The first-order valence-electron chi connectivity index (χ1n) is 6.20. The average molecular weight is 266 g/mol. The Kier molecular flexibility index (Phi) is 4.02. The Hall–Kier alpha value is -2.80. The van der Waals surface area contributed by atoms with Gasteiger partial charge in [0.15, 0.2) is 0 Å². The van der Waals surface area contributed by atoms with Crippen molar-refractivity contribution in [3.63, 3.8) is 0 Å². The van der Waals surface area contributed by atoms with Crippen molar-refractivity contribution in [2.75, 3.05) is 5.32 Å². The van der Waals surface area contributed by atoms with Crippen LogP contribution in [0.5, 0.6) is 0 Å². The summed E-state index contributed by atoms with van der Waals surface area (Å²) in [7, 11) is 0. The van der Waals surface area contributed by atoms with E-state index in [9.17, 15) is 4.79 Å². The fourth-order valence-electron chi connectivity index (χ4n) is 1.89. The highest BCUT2D eigenvalue weighted by atomic mass is 16.4. The summed E-state index contributed by atoms with van der Waals surface area (Å²) in [4.78, 5) is 10.8. The topological polar surface area (TPSA) is 73.1 Å². The molecule has 1 atom stereocenters. The van der Waals surface area contributed by atoms with Crippen LogP contribution in [-0.4, -0.2) is 11.1 Å². The molecule has 0 bridgehead atoms. The second-order valence-electron chi connectivity index (χ2n) is 4.48. The van der Waals surface area contributed by atoms with Crippen LogP contribution in [0.25, 0.3) is 0 Å². The lowest BCUT2D eigenvalue weighted by molar-refractivity contribution is 0.0697. The van der Waals surface area contributed by atoms with Crippen LogP contribution in [0.4, 0.5) is 5.69 Å². The second kappa shape index (κ2) is 5.89. The van der Waals surface area contributed by atoms with Gasteiger partial charge in [0.25, 0.3) is 0 Å². The maximum Gasteiger partial charge on any atom is 0.335 e. The number of hydrogen-bond acceptors (Lipinski definition) is 3. The van der Waals surface area contributed by atoms with Gasteiger partial charge in [0.2, 0.25) is 0 Å². The van der Waals surface area contributed by atoms with Crippen LogP contribution in [0.2, 0.25) is 0 Å². The molecule has 0 aliphatic heterocycles. The number of anilines is 1. The normalized spacial score (nSPS) is 11.4. The number of aromatic carboxylic acids is 1. The highest BCUT2D eigenvalue weighted by Crippen LogP contribution is 2.20. The Balaban J connectivity index is 2.08. The van der Waals surface area contributed by atoms with E-state index in [1.807, 2.05) is 19.1 Å². The summed E-state index contributed by atoms with van der Waals surface area (Å²) in [6.45, 7) is 2.01. The minimum absolute atomic E-state index is 0.0680. The molecule has 0 fully saturated rings. The van der Waals surface area contributed by atoms with E-state index >= 15 is 0 Å². The lowest BCUT2D eigenvalue weighted by Gasteiger charge is -2.15. The summed E-state index contributed by atoms with van der Waals surface area (Å²) >= 11 is 0. The van der Waals surface area contributed by atoms with Crippen molar-refractivity contribution in [1.82, 2.24) is 0 Å². The zero-order valence-electron chi connectivity index (χ0n) is 11.0. The zero-order valence-corrected chi connectivity index (χ0v) is 11.0. The largest absolute Gasteiger partial charge is 0.478 e. The van der Waals surface area contributed by atoms with E-state index in [0.29, 0.717) is 5.56 Å². The number of nitrogens with one attached hydrogen (secondary N) is 1. The maximum atomic E-state index is 10.8. The summed E-state index contributed by atoms with van der Waals surface area (Å²) in [5.74, 6) is -0.934. The molecule has 100 valence electrons. The molecule has 0 saturated carbocycles. The molecule has 4 heteroatoms. The Labute approximate surface area is 117 Å². The average Bonchev–Trinajstić information content (AvgIpc) is 2.48. The van der Waals surface area contributed by atoms with Crippen LogP contribution >= 0.6 is 0 Å². The Morgan fingerprint density at radius 1 is 1.15 bits per heavy atom. The van der Waals surface area contributed by atoms with Gasteiger partial charge in [0, 0.05) is 11.7 Å². The SMILES string of the molecule is CC(Nc1ccc(C(=O)O)cc1)c1ccc(C#N)cc1. The molecule has 0 saturated heterocycles. The van der Waals surface area contributed by atoms with Crippen molar-refractivity contribution in [2.45, 2.75) is 13.0 Å². The second-order valence-corrected chi connectivity index (χ2v) is 4.48. The number of carboxylic acid groups (broad SMARTS) is 1. The quantitative estimate of drug-likeness (QED) is 0.889.